The number of H-pyrrole nitrogens is 2. The molecular weight excluding hydrogens is 322 g/mol. The molecule has 3 aromatic heterocycles. The largest absolute Gasteiger partial charge is 0.338 e. The van der Waals surface area contributed by atoms with Gasteiger partial charge < -0.3 is 9.97 Å². The Morgan fingerprint density at radius 2 is 1.54 bits per heavy atom. The van der Waals surface area contributed by atoms with E-state index in [1.165, 1.54) is 0 Å². The molecule has 0 fully saturated rings. The molecule has 0 aliphatic heterocycles. The predicted molar refractivity (Wildman–Crippen MR) is 104 cm³/mol. The first-order chi connectivity index (χ1) is 12.9. The molecule has 0 spiro atoms. The number of benzene rings is 2. The summed E-state index contributed by atoms with van der Waals surface area (Å²) in [5.41, 5.74) is 3.89. The minimum absolute atomic E-state index is 0.698. The molecule has 0 radical (unpaired) electrons. The molecule has 0 amide bonds. The van der Waals surface area contributed by atoms with E-state index in [1.807, 2.05) is 66.7 Å². The highest BCUT2D eigenvalue weighted by atomic mass is 15.2. The van der Waals surface area contributed by atoms with Crippen LogP contribution < -0.4 is 0 Å². The standard InChI is InChI=1S/C21H15N5/c1-3-9-16-14(7-1)13-19(23-16)25-26-21-20(18-11-5-6-12-22-18)15-8-2-4-10-17(15)24-21/h1-13,23-24H. The van der Waals surface area contributed by atoms with E-state index in [0.717, 1.165) is 38.9 Å². The monoisotopic (exact) mass is 337 g/mol. The van der Waals surface area contributed by atoms with Gasteiger partial charge in [-0.05, 0) is 30.3 Å². The molecule has 0 bridgehead atoms. The second-order valence-electron chi connectivity index (χ2n) is 6.05. The number of pyridine rings is 1. The first kappa shape index (κ1) is 14.6. The Bertz CT molecular complexity index is 1200. The summed E-state index contributed by atoms with van der Waals surface area (Å²) in [5, 5.41) is 11.1. The van der Waals surface area contributed by atoms with Crippen LogP contribution in [0.4, 0.5) is 11.6 Å². The van der Waals surface area contributed by atoms with E-state index < -0.39 is 0 Å². The first-order valence-electron chi connectivity index (χ1n) is 8.40. The number of fused-ring (bicyclic) bond motifs is 2. The van der Waals surface area contributed by atoms with Crippen molar-refractivity contribution in [3.63, 3.8) is 0 Å². The summed E-state index contributed by atoms with van der Waals surface area (Å²) < 4.78 is 0. The number of rotatable bonds is 3. The lowest BCUT2D eigenvalue weighted by Gasteiger charge is -1.99. The Morgan fingerprint density at radius 3 is 2.38 bits per heavy atom. The Morgan fingerprint density at radius 1 is 0.731 bits per heavy atom. The van der Waals surface area contributed by atoms with Crippen molar-refractivity contribution in [1.82, 2.24) is 15.0 Å². The van der Waals surface area contributed by atoms with Crippen molar-refractivity contribution in [2.24, 2.45) is 10.2 Å². The van der Waals surface area contributed by atoms with E-state index >= 15 is 0 Å². The molecule has 2 aromatic carbocycles. The Labute approximate surface area is 149 Å². The van der Waals surface area contributed by atoms with Gasteiger partial charge in [0.25, 0.3) is 0 Å². The van der Waals surface area contributed by atoms with Crippen LogP contribution in [0.3, 0.4) is 0 Å². The second kappa shape index (κ2) is 5.97. The van der Waals surface area contributed by atoms with Crippen LogP contribution >= 0.6 is 0 Å². The molecule has 5 heteroatoms. The maximum atomic E-state index is 4.49. The lowest BCUT2D eigenvalue weighted by atomic mass is 10.1. The third-order valence-electron chi connectivity index (χ3n) is 4.38. The van der Waals surface area contributed by atoms with Crippen molar-refractivity contribution in [3.8, 4) is 11.3 Å². The van der Waals surface area contributed by atoms with Gasteiger partial charge in [0.05, 0.1) is 11.3 Å². The summed E-state index contributed by atoms with van der Waals surface area (Å²) in [6.07, 6.45) is 1.79. The number of hydrogen-bond acceptors (Lipinski definition) is 3. The minimum atomic E-state index is 0.698. The minimum Gasteiger partial charge on any atom is -0.338 e. The van der Waals surface area contributed by atoms with Crippen molar-refractivity contribution >= 4 is 33.4 Å². The van der Waals surface area contributed by atoms with Crippen LogP contribution in [0.5, 0.6) is 0 Å². The molecule has 0 saturated carbocycles. The van der Waals surface area contributed by atoms with E-state index in [-0.39, 0.29) is 0 Å². The average Bonchev–Trinajstić information content (AvgIpc) is 3.27. The zero-order valence-electron chi connectivity index (χ0n) is 13.8. The molecule has 3 heterocycles. The fourth-order valence-corrected chi connectivity index (χ4v) is 3.19. The molecular formula is C21H15N5. The Kier molecular flexibility index (Phi) is 3.35. The third-order valence-corrected chi connectivity index (χ3v) is 4.38. The van der Waals surface area contributed by atoms with Gasteiger partial charge in [-0.15, -0.1) is 10.2 Å². The molecule has 0 aliphatic rings. The quantitative estimate of drug-likeness (QED) is 0.382. The molecule has 26 heavy (non-hydrogen) atoms. The number of hydrogen-bond donors (Lipinski definition) is 2. The summed E-state index contributed by atoms with van der Waals surface area (Å²) in [5.74, 6) is 1.42. The molecule has 0 atom stereocenters. The van der Waals surface area contributed by atoms with Crippen molar-refractivity contribution in [1.29, 1.82) is 0 Å². The Balaban J connectivity index is 1.64. The van der Waals surface area contributed by atoms with E-state index in [1.54, 1.807) is 6.20 Å². The molecule has 0 saturated heterocycles. The van der Waals surface area contributed by atoms with Gasteiger partial charge in [0.1, 0.15) is 0 Å². The van der Waals surface area contributed by atoms with Gasteiger partial charge in [0, 0.05) is 28.0 Å². The van der Waals surface area contributed by atoms with Crippen LogP contribution in [-0.2, 0) is 0 Å². The first-order valence-corrected chi connectivity index (χ1v) is 8.40. The molecule has 0 unspecified atom stereocenters. The lowest BCUT2D eigenvalue weighted by Crippen LogP contribution is -1.80. The molecule has 0 aliphatic carbocycles. The highest BCUT2D eigenvalue weighted by molar-refractivity contribution is 6.00. The highest BCUT2D eigenvalue weighted by Gasteiger charge is 2.14. The molecule has 5 rings (SSSR count). The maximum absolute atomic E-state index is 4.49. The highest BCUT2D eigenvalue weighted by Crippen LogP contribution is 2.37. The van der Waals surface area contributed by atoms with E-state index in [0.29, 0.717) is 5.82 Å². The van der Waals surface area contributed by atoms with Crippen LogP contribution in [0, 0.1) is 0 Å². The van der Waals surface area contributed by atoms with E-state index in [4.69, 9.17) is 0 Å². The van der Waals surface area contributed by atoms with Gasteiger partial charge >= 0.3 is 0 Å². The summed E-state index contributed by atoms with van der Waals surface area (Å²) in [6.45, 7) is 0. The van der Waals surface area contributed by atoms with Crippen LogP contribution in [0.25, 0.3) is 33.1 Å². The van der Waals surface area contributed by atoms with Crippen molar-refractivity contribution in [2.45, 2.75) is 0 Å². The van der Waals surface area contributed by atoms with Crippen molar-refractivity contribution in [3.05, 3.63) is 79.0 Å². The summed E-state index contributed by atoms with van der Waals surface area (Å²) in [7, 11) is 0. The van der Waals surface area contributed by atoms with Gasteiger partial charge in [-0.1, -0.05) is 42.5 Å². The predicted octanol–water partition coefficient (Wildman–Crippen LogP) is 6.13. The number of nitrogens with one attached hydrogen (secondary N) is 2. The second-order valence-corrected chi connectivity index (χ2v) is 6.05. The molecule has 124 valence electrons. The lowest BCUT2D eigenvalue weighted by molar-refractivity contribution is 1.16. The number of aromatic nitrogens is 3. The molecule has 5 nitrogen and oxygen atoms in total. The van der Waals surface area contributed by atoms with Gasteiger partial charge in [-0.2, -0.15) is 0 Å². The SMILES string of the molecule is c1ccc(-c2c(N=Nc3cc4ccccc4[nH]3)[nH]c3ccccc23)nc1. The van der Waals surface area contributed by atoms with Gasteiger partial charge in [0.15, 0.2) is 11.6 Å². The zero-order valence-corrected chi connectivity index (χ0v) is 13.8. The summed E-state index contributed by atoms with van der Waals surface area (Å²) >= 11 is 0. The summed E-state index contributed by atoms with van der Waals surface area (Å²) in [4.78, 5) is 11.1. The maximum Gasteiger partial charge on any atom is 0.163 e. The van der Waals surface area contributed by atoms with Crippen LogP contribution in [0.15, 0.2) is 89.2 Å². The van der Waals surface area contributed by atoms with Gasteiger partial charge in [0.2, 0.25) is 0 Å². The smallest absolute Gasteiger partial charge is 0.163 e. The van der Waals surface area contributed by atoms with Crippen LogP contribution in [-0.4, -0.2) is 15.0 Å². The van der Waals surface area contributed by atoms with Crippen LogP contribution in [0.1, 0.15) is 0 Å². The average molecular weight is 337 g/mol. The third kappa shape index (κ3) is 2.46. The van der Waals surface area contributed by atoms with Gasteiger partial charge in [-0.3, -0.25) is 4.98 Å². The normalized spacial score (nSPS) is 11.7. The summed E-state index contributed by atoms with van der Waals surface area (Å²) in [6, 6.07) is 24.0. The van der Waals surface area contributed by atoms with Gasteiger partial charge in [-0.25, -0.2) is 0 Å². The van der Waals surface area contributed by atoms with Crippen LogP contribution in [0.2, 0.25) is 0 Å². The number of para-hydroxylation sites is 2. The van der Waals surface area contributed by atoms with Crippen molar-refractivity contribution in [2.75, 3.05) is 0 Å². The fourth-order valence-electron chi connectivity index (χ4n) is 3.19. The molecule has 5 aromatic rings. The van der Waals surface area contributed by atoms with Crippen molar-refractivity contribution < 1.29 is 0 Å². The number of azo groups is 1. The Hall–Kier alpha value is -3.73. The molecule has 2 N–H and O–H groups in total. The fraction of sp³-hybridized carbons (Fsp3) is 0. The van der Waals surface area contributed by atoms with E-state index in [9.17, 15) is 0 Å². The number of aromatic amines is 2. The number of nitrogens with zero attached hydrogens (tertiary/aromatic N) is 3. The van der Waals surface area contributed by atoms with E-state index in [2.05, 4.69) is 31.2 Å². The topological polar surface area (TPSA) is 69.2 Å². The zero-order chi connectivity index (χ0) is 17.3.